The van der Waals surface area contributed by atoms with Gasteiger partial charge in [-0.3, -0.25) is 0 Å². The van der Waals surface area contributed by atoms with E-state index in [0.717, 1.165) is 5.56 Å². The number of esters is 1. The van der Waals surface area contributed by atoms with Crippen molar-refractivity contribution in [3.8, 4) is 0 Å². The number of hydrogen-bond donors (Lipinski definition) is 1. The Kier molecular flexibility index (Phi) is 6.39. The van der Waals surface area contributed by atoms with E-state index in [4.69, 9.17) is 9.47 Å². The number of amides is 1. The largest absolute Gasteiger partial charge is 0.459 e. The van der Waals surface area contributed by atoms with Crippen molar-refractivity contribution in [1.82, 2.24) is 5.32 Å². The maximum Gasteiger partial charge on any atom is 0.408 e. The molecule has 1 amide bonds. The Morgan fingerprint density at radius 1 is 1.12 bits per heavy atom. The molecule has 0 spiro atoms. The Bertz CT molecular complexity index is 631. The van der Waals surface area contributed by atoms with Crippen LogP contribution >= 0.6 is 0 Å². The summed E-state index contributed by atoms with van der Waals surface area (Å²) in [5.74, 6) is -0.382. The van der Waals surface area contributed by atoms with Crippen molar-refractivity contribution in [2.45, 2.75) is 45.4 Å². The summed E-state index contributed by atoms with van der Waals surface area (Å²) >= 11 is 0. The van der Waals surface area contributed by atoms with Crippen LogP contribution in [0, 0.1) is 5.92 Å². The molecule has 0 fully saturated rings. The summed E-state index contributed by atoms with van der Waals surface area (Å²) in [6, 6.07) is 8.66. The first-order valence-electron chi connectivity index (χ1n) is 8.38. The van der Waals surface area contributed by atoms with Crippen LogP contribution < -0.4 is 5.32 Å². The Balaban J connectivity index is 1.96. The second-order valence-electron chi connectivity index (χ2n) is 6.96. The van der Waals surface area contributed by atoms with Gasteiger partial charge in [0.1, 0.15) is 18.2 Å². The van der Waals surface area contributed by atoms with E-state index in [9.17, 15) is 9.59 Å². The summed E-state index contributed by atoms with van der Waals surface area (Å²) in [6.45, 7) is 5.50. The summed E-state index contributed by atoms with van der Waals surface area (Å²) in [5.41, 5.74) is 0.267. The maximum absolute atomic E-state index is 12.5. The lowest BCUT2D eigenvalue weighted by molar-refractivity contribution is -0.147. The molecule has 1 aliphatic rings. The summed E-state index contributed by atoms with van der Waals surface area (Å²) in [7, 11) is 0. The molecule has 134 valence electrons. The molecule has 1 N–H and O–H groups in total. The van der Waals surface area contributed by atoms with Crippen LogP contribution in [0.15, 0.2) is 54.6 Å². The number of hydrogen-bond acceptors (Lipinski definition) is 4. The molecule has 2 rings (SSSR count). The zero-order valence-corrected chi connectivity index (χ0v) is 14.9. The Labute approximate surface area is 148 Å². The number of allylic oxidation sites excluding steroid dienone is 4. The van der Waals surface area contributed by atoms with E-state index in [1.807, 2.05) is 54.6 Å². The van der Waals surface area contributed by atoms with Crippen LogP contribution in [0.2, 0.25) is 0 Å². The lowest BCUT2D eigenvalue weighted by atomic mass is 10.0. The molecule has 0 aromatic heterocycles. The third kappa shape index (κ3) is 6.83. The van der Waals surface area contributed by atoms with Crippen LogP contribution in [0.5, 0.6) is 0 Å². The highest BCUT2D eigenvalue weighted by Crippen LogP contribution is 2.17. The molecule has 1 aromatic carbocycles. The van der Waals surface area contributed by atoms with Gasteiger partial charge in [0.15, 0.2) is 0 Å². The highest BCUT2D eigenvalue weighted by Gasteiger charge is 2.27. The standard InChI is InChI=1S/C20H25NO4/c1-20(2,3)25-19(23)21-17(13-15-9-7-8-10-15)18(22)24-14-16-11-5-4-6-12-16/h4-12,15,17H,13-14H2,1-3H3,(H,21,23)/t17-/m0/s1. The third-order valence-corrected chi connectivity index (χ3v) is 3.53. The van der Waals surface area contributed by atoms with Gasteiger partial charge in [-0.25, -0.2) is 9.59 Å². The first kappa shape index (κ1) is 18.8. The monoisotopic (exact) mass is 343 g/mol. The molecule has 0 aliphatic heterocycles. The van der Waals surface area contributed by atoms with Crippen LogP contribution in [0.25, 0.3) is 0 Å². The van der Waals surface area contributed by atoms with Crippen molar-refractivity contribution in [3.63, 3.8) is 0 Å². The third-order valence-electron chi connectivity index (χ3n) is 3.53. The quantitative estimate of drug-likeness (QED) is 0.799. The van der Waals surface area contributed by atoms with Crippen LogP contribution in [0.1, 0.15) is 32.8 Å². The zero-order chi connectivity index (χ0) is 18.3. The topological polar surface area (TPSA) is 64.6 Å². The van der Waals surface area contributed by atoms with Gasteiger partial charge in [0.2, 0.25) is 0 Å². The minimum Gasteiger partial charge on any atom is -0.459 e. The summed E-state index contributed by atoms with van der Waals surface area (Å²) in [6.07, 6.45) is 7.61. The van der Waals surface area contributed by atoms with Gasteiger partial charge in [-0.15, -0.1) is 0 Å². The molecule has 0 saturated carbocycles. The van der Waals surface area contributed by atoms with Gasteiger partial charge in [-0.05, 0) is 38.7 Å². The number of rotatable bonds is 6. The minimum atomic E-state index is -0.768. The van der Waals surface area contributed by atoms with E-state index in [2.05, 4.69) is 5.32 Å². The van der Waals surface area contributed by atoms with Crippen molar-refractivity contribution in [3.05, 3.63) is 60.2 Å². The number of carbonyl (C=O) groups excluding carboxylic acids is 2. The fourth-order valence-corrected chi connectivity index (χ4v) is 2.40. The summed E-state index contributed by atoms with van der Waals surface area (Å²) < 4.78 is 10.6. The molecule has 5 heteroatoms. The first-order valence-corrected chi connectivity index (χ1v) is 8.38. The molecule has 0 heterocycles. The van der Waals surface area contributed by atoms with Gasteiger partial charge >= 0.3 is 12.1 Å². The van der Waals surface area contributed by atoms with Crippen LogP contribution in [0.4, 0.5) is 4.79 Å². The fraction of sp³-hybridized carbons (Fsp3) is 0.400. The number of carbonyl (C=O) groups is 2. The normalized spacial score (nSPS) is 15.0. The summed E-state index contributed by atoms with van der Waals surface area (Å²) in [5, 5.41) is 2.63. The fourth-order valence-electron chi connectivity index (χ4n) is 2.40. The van der Waals surface area contributed by atoms with E-state index >= 15 is 0 Å². The SMILES string of the molecule is CC(C)(C)OC(=O)N[C@@H](CC1C=CC=C1)C(=O)OCc1ccccc1. The maximum atomic E-state index is 12.5. The smallest absolute Gasteiger partial charge is 0.408 e. The van der Waals surface area contributed by atoms with E-state index in [0.29, 0.717) is 6.42 Å². The molecule has 0 unspecified atom stereocenters. The van der Waals surface area contributed by atoms with Gasteiger partial charge in [0, 0.05) is 0 Å². The molecule has 1 atom stereocenters. The lowest BCUT2D eigenvalue weighted by Crippen LogP contribution is -2.45. The zero-order valence-electron chi connectivity index (χ0n) is 14.9. The molecule has 25 heavy (non-hydrogen) atoms. The molecular formula is C20H25NO4. The van der Waals surface area contributed by atoms with Gasteiger partial charge < -0.3 is 14.8 Å². The Hall–Kier alpha value is -2.56. The average molecular weight is 343 g/mol. The lowest BCUT2D eigenvalue weighted by Gasteiger charge is -2.23. The van der Waals surface area contributed by atoms with E-state index in [-0.39, 0.29) is 12.5 Å². The Morgan fingerprint density at radius 2 is 1.76 bits per heavy atom. The first-order chi connectivity index (χ1) is 11.8. The van der Waals surface area contributed by atoms with Gasteiger partial charge in [0.25, 0.3) is 0 Å². The molecule has 1 aliphatic carbocycles. The predicted octanol–water partition coefficient (Wildman–Crippen LogP) is 3.76. The van der Waals surface area contributed by atoms with Gasteiger partial charge in [-0.1, -0.05) is 54.6 Å². The Morgan fingerprint density at radius 3 is 2.36 bits per heavy atom. The molecule has 0 saturated heterocycles. The number of ether oxygens (including phenoxy) is 2. The van der Waals surface area contributed by atoms with Gasteiger partial charge in [-0.2, -0.15) is 0 Å². The molecule has 0 bridgehead atoms. The average Bonchev–Trinajstić information content (AvgIpc) is 3.04. The highest BCUT2D eigenvalue weighted by molar-refractivity contribution is 5.81. The minimum absolute atomic E-state index is 0.0872. The van der Waals surface area contributed by atoms with Crippen LogP contribution in [-0.2, 0) is 20.9 Å². The molecule has 1 aromatic rings. The predicted molar refractivity (Wildman–Crippen MR) is 95.8 cm³/mol. The van der Waals surface area contributed by atoms with Crippen molar-refractivity contribution in [2.24, 2.45) is 5.92 Å². The van der Waals surface area contributed by atoms with Gasteiger partial charge in [0.05, 0.1) is 0 Å². The molecule has 5 nitrogen and oxygen atoms in total. The van der Waals surface area contributed by atoms with Crippen LogP contribution in [-0.4, -0.2) is 23.7 Å². The number of nitrogens with one attached hydrogen (secondary N) is 1. The second kappa shape index (κ2) is 8.51. The van der Waals surface area contributed by atoms with E-state index in [1.165, 1.54) is 0 Å². The number of alkyl carbamates (subject to hydrolysis) is 1. The van der Waals surface area contributed by atoms with Crippen molar-refractivity contribution in [1.29, 1.82) is 0 Å². The van der Waals surface area contributed by atoms with E-state index in [1.54, 1.807) is 20.8 Å². The van der Waals surface area contributed by atoms with Crippen molar-refractivity contribution < 1.29 is 19.1 Å². The highest BCUT2D eigenvalue weighted by atomic mass is 16.6. The molecule has 0 radical (unpaired) electrons. The van der Waals surface area contributed by atoms with Crippen molar-refractivity contribution >= 4 is 12.1 Å². The second-order valence-corrected chi connectivity index (χ2v) is 6.96. The summed E-state index contributed by atoms with van der Waals surface area (Å²) in [4.78, 5) is 24.5. The van der Waals surface area contributed by atoms with Crippen molar-refractivity contribution in [2.75, 3.05) is 0 Å². The van der Waals surface area contributed by atoms with E-state index < -0.39 is 23.7 Å². The molecular weight excluding hydrogens is 318 g/mol. The van der Waals surface area contributed by atoms with Crippen LogP contribution in [0.3, 0.4) is 0 Å². The number of benzene rings is 1.